The van der Waals surface area contributed by atoms with Crippen molar-refractivity contribution >= 4 is 27.5 Å². The van der Waals surface area contributed by atoms with Crippen LogP contribution < -0.4 is 0 Å². The van der Waals surface area contributed by atoms with E-state index in [1.54, 1.807) is 11.3 Å². The minimum atomic E-state index is -0.315. The fraction of sp³-hybridized carbons (Fsp3) is 0.200. The lowest BCUT2D eigenvalue weighted by Crippen LogP contribution is -2.06. The Bertz CT molecular complexity index is 1050. The normalized spacial score (nSPS) is 11.0. The van der Waals surface area contributed by atoms with Crippen molar-refractivity contribution in [1.82, 2.24) is 15.1 Å². The van der Waals surface area contributed by atoms with Crippen molar-refractivity contribution in [3.63, 3.8) is 0 Å². The van der Waals surface area contributed by atoms with Gasteiger partial charge in [0.05, 0.1) is 21.6 Å². The quantitative estimate of drug-likeness (QED) is 0.464. The summed E-state index contributed by atoms with van der Waals surface area (Å²) in [7, 11) is 0. The molecule has 7 heteroatoms. The number of fused-ring (bicyclic) bond motifs is 1. The molecular formula is C20H17N3O3S. The number of esters is 1. The summed E-state index contributed by atoms with van der Waals surface area (Å²) in [6.07, 6.45) is 0.815. The maximum atomic E-state index is 12.0. The molecule has 2 aromatic carbocycles. The molecule has 0 saturated carbocycles. The van der Waals surface area contributed by atoms with Crippen molar-refractivity contribution in [3.8, 4) is 11.4 Å². The third-order valence-electron chi connectivity index (χ3n) is 4.09. The molecule has 0 saturated heterocycles. The number of aryl methyl sites for hydroxylation is 2. The van der Waals surface area contributed by atoms with Gasteiger partial charge in [-0.25, -0.2) is 4.98 Å². The molecule has 4 rings (SSSR count). The number of para-hydroxylation sites is 1. The first-order chi connectivity index (χ1) is 13.2. The van der Waals surface area contributed by atoms with E-state index in [2.05, 4.69) is 15.1 Å². The summed E-state index contributed by atoms with van der Waals surface area (Å²) in [5.74, 6) is 0.458. The van der Waals surface area contributed by atoms with Gasteiger partial charge in [0.15, 0.2) is 6.61 Å². The number of carbonyl (C=O) groups excluding carboxylic acids is 1. The van der Waals surface area contributed by atoms with Crippen LogP contribution in [0.4, 0.5) is 0 Å². The number of aromatic nitrogens is 3. The van der Waals surface area contributed by atoms with Crippen LogP contribution in [0, 0.1) is 6.92 Å². The van der Waals surface area contributed by atoms with Gasteiger partial charge in [-0.3, -0.25) is 4.79 Å². The third-order valence-corrected chi connectivity index (χ3v) is 5.19. The van der Waals surface area contributed by atoms with E-state index >= 15 is 0 Å². The second kappa shape index (κ2) is 7.67. The minimum Gasteiger partial charge on any atom is -0.456 e. The molecule has 2 aromatic heterocycles. The Balaban J connectivity index is 1.31. The molecular weight excluding hydrogens is 362 g/mol. The number of thiazole rings is 1. The highest BCUT2D eigenvalue weighted by Crippen LogP contribution is 2.23. The lowest BCUT2D eigenvalue weighted by Gasteiger charge is -2.00. The highest BCUT2D eigenvalue weighted by Gasteiger charge is 2.13. The zero-order valence-corrected chi connectivity index (χ0v) is 15.5. The summed E-state index contributed by atoms with van der Waals surface area (Å²) in [6.45, 7) is 1.95. The fourth-order valence-electron chi connectivity index (χ4n) is 2.70. The molecule has 4 aromatic rings. The Morgan fingerprint density at radius 1 is 1.11 bits per heavy atom. The molecule has 0 spiro atoms. The van der Waals surface area contributed by atoms with Crippen molar-refractivity contribution in [2.24, 2.45) is 0 Å². The van der Waals surface area contributed by atoms with Gasteiger partial charge in [-0.05, 0) is 24.6 Å². The van der Waals surface area contributed by atoms with Gasteiger partial charge < -0.3 is 9.26 Å². The molecule has 0 aliphatic heterocycles. The van der Waals surface area contributed by atoms with Gasteiger partial charge in [-0.2, -0.15) is 4.98 Å². The number of benzene rings is 2. The number of carbonyl (C=O) groups is 1. The second-order valence-electron chi connectivity index (χ2n) is 6.06. The van der Waals surface area contributed by atoms with E-state index in [-0.39, 0.29) is 24.9 Å². The average Bonchev–Trinajstić information content (AvgIpc) is 3.31. The summed E-state index contributed by atoms with van der Waals surface area (Å²) in [6, 6.07) is 15.7. The van der Waals surface area contributed by atoms with E-state index in [0.717, 1.165) is 26.4 Å². The van der Waals surface area contributed by atoms with Gasteiger partial charge in [-0.1, -0.05) is 41.6 Å². The molecule has 2 heterocycles. The highest BCUT2D eigenvalue weighted by atomic mass is 32.1. The zero-order chi connectivity index (χ0) is 18.6. The smallest absolute Gasteiger partial charge is 0.306 e. The Morgan fingerprint density at radius 2 is 1.93 bits per heavy atom. The fourth-order valence-corrected chi connectivity index (χ4v) is 3.66. The SMILES string of the molecule is Cc1ccccc1-c1noc(COC(=O)CCc2nc3ccccc3s2)n1. The number of hydrogen-bond acceptors (Lipinski definition) is 7. The number of hydrogen-bond donors (Lipinski definition) is 0. The van der Waals surface area contributed by atoms with E-state index in [1.807, 2.05) is 55.5 Å². The predicted octanol–water partition coefficient (Wildman–Crippen LogP) is 4.33. The molecule has 0 radical (unpaired) electrons. The molecule has 0 bridgehead atoms. The average molecular weight is 379 g/mol. The van der Waals surface area contributed by atoms with Crippen LogP contribution in [0.15, 0.2) is 53.1 Å². The molecule has 0 amide bonds. The number of rotatable bonds is 6. The Labute approximate surface area is 159 Å². The van der Waals surface area contributed by atoms with Crippen LogP contribution in [-0.2, 0) is 22.6 Å². The maximum Gasteiger partial charge on any atom is 0.306 e. The van der Waals surface area contributed by atoms with Crippen LogP contribution in [0.25, 0.3) is 21.6 Å². The van der Waals surface area contributed by atoms with Gasteiger partial charge >= 0.3 is 5.97 Å². The number of nitrogens with zero attached hydrogens (tertiary/aromatic N) is 3. The zero-order valence-electron chi connectivity index (χ0n) is 14.7. The summed E-state index contributed by atoms with van der Waals surface area (Å²) in [5.41, 5.74) is 2.91. The van der Waals surface area contributed by atoms with Crippen molar-refractivity contribution in [3.05, 3.63) is 65.0 Å². The van der Waals surface area contributed by atoms with E-state index in [4.69, 9.17) is 9.26 Å². The lowest BCUT2D eigenvalue weighted by molar-refractivity contribution is -0.145. The minimum absolute atomic E-state index is 0.0302. The Hall–Kier alpha value is -3.06. The molecule has 0 atom stereocenters. The first-order valence-corrected chi connectivity index (χ1v) is 9.39. The molecule has 0 aliphatic carbocycles. The first kappa shape index (κ1) is 17.4. The summed E-state index contributed by atoms with van der Waals surface area (Å²) in [5, 5.41) is 4.88. The second-order valence-corrected chi connectivity index (χ2v) is 7.18. The topological polar surface area (TPSA) is 78.1 Å². The van der Waals surface area contributed by atoms with Gasteiger partial charge in [0.1, 0.15) is 0 Å². The van der Waals surface area contributed by atoms with Crippen LogP contribution in [0.1, 0.15) is 22.9 Å². The van der Waals surface area contributed by atoms with Crippen LogP contribution in [0.3, 0.4) is 0 Å². The Morgan fingerprint density at radius 3 is 2.78 bits per heavy atom. The number of ether oxygens (including phenoxy) is 1. The molecule has 27 heavy (non-hydrogen) atoms. The molecule has 0 unspecified atom stereocenters. The molecule has 136 valence electrons. The lowest BCUT2D eigenvalue weighted by atomic mass is 10.1. The van der Waals surface area contributed by atoms with Gasteiger partial charge in [0.25, 0.3) is 5.89 Å². The van der Waals surface area contributed by atoms with Crippen LogP contribution in [0.5, 0.6) is 0 Å². The van der Waals surface area contributed by atoms with Gasteiger partial charge in [-0.15, -0.1) is 11.3 Å². The maximum absolute atomic E-state index is 12.0. The van der Waals surface area contributed by atoms with E-state index in [0.29, 0.717) is 12.2 Å². The third kappa shape index (κ3) is 4.03. The van der Waals surface area contributed by atoms with E-state index in [1.165, 1.54) is 0 Å². The van der Waals surface area contributed by atoms with Crippen LogP contribution in [-0.4, -0.2) is 21.1 Å². The van der Waals surface area contributed by atoms with Gasteiger partial charge in [0, 0.05) is 12.0 Å². The molecule has 0 fully saturated rings. The summed E-state index contributed by atoms with van der Waals surface area (Å²) in [4.78, 5) is 20.8. The first-order valence-electron chi connectivity index (χ1n) is 8.58. The largest absolute Gasteiger partial charge is 0.456 e. The van der Waals surface area contributed by atoms with Crippen molar-refractivity contribution in [2.75, 3.05) is 0 Å². The highest BCUT2D eigenvalue weighted by molar-refractivity contribution is 7.18. The Kier molecular flexibility index (Phi) is 4.93. The molecule has 0 N–H and O–H groups in total. The molecule has 0 aliphatic rings. The summed E-state index contributed by atoms with van der Waals surface area (Å²) < 4.78 is 11.5. The van der Waals surface area contributed by atoms with Crippen molar-refractivity contribution in [2.45, 2.75) is 26.4 Å². The standard InChI is InChI=1S/C20H17N3O3S/c1-13-6-2-3-7-14(13)20-22-17(26-23-20)12-25-19(24)11-10-18-21-15-8-4-5-9-16(15)27-18/h2-9H,10-12H2,1H3. The van der Waals surface area contributed by atoms with Crippen molar-refractivity contribution < 1.29 is 14.1 Å². The van der Waals surface area contributed by atoms with E-state index < -0.39 is 0 Å². The summed E-state index contributed by atoms with van der Waals surface area (Å²) >= 11 is 1.60. The van der Waals surface area contributed by atoms with Crippen LogP contribution in [0.2, 0.25) is 0 Å². The van der Waals surface area contributed by atoms with Crippen molar-refractivity contribution in [1.29, 1.82) is 0 Å². The predicted molar refractivity (Wildman–Crippen MR) is 102 cm³/mol. The van der Waals surface area contributed by atoms with Gasteiger partial charge in [0.2, 0.25) is 5.82 Å². The van der Waals surface area contributed by atoms with E-state index in [9.17, 15) is 4.79 Å². The monoisotopic (exact) mass is 379 g/mol. The van der Waals surface area contributed by atoms with Crippen LogP contribution >= 0.6 is 11.3 Å². The molecule has 6 nitrogen and oxygen atoms in total.